The van der Waals surface area contributed by atoms with Crippen molar-refractivity contribution in [1.82, 2.24) is 5.32 Å². The molecular weight excluding hydrogens is 690 g/mol. The highest BCUT2D eigenvalue weighted by atomic mass is 16.7. The predicted octanol–water partition coefficient (Wildman–Crippen LogP) is 2.26. The zero-order valence-electron chi connectivity index (χ0n) is 32.0. The van der Waals surface area contributed by atoms with Crippen molar-refractivity contribution in [2.24, 2.45) is 0 Å². The van der Waals surface area contributed by atoms with Gasteiger partial charge in [0, 0.05) is 6.42 Å². The third kappa shape index (κ3) is 17.4. The number of hydrogen-bond acceptors (Lipinski definition) is 13. The molecule has 14 nitrogen and oxygen atoms in total. The minimum Gasteiger partial charge on any atom is -0.394 e. The monoisotopic (exact) mass is 761 g/mol. The third-order valence-corrected chi connectivity index (χ3v) is 9.89. The Morgan fingerprint density at radius 3 is 1.85 bits per heavy atom. The van der Waals surface area contributed by atoms with Gasteiger partial charge in [-0.15, -0.1) is 0 Å². The molecule has 2 fully saturated rings. The number of rotatable bonds is 28. The van der Waals surface area contributed by atoms with Gasteiger partial charge in [-0.25, -0.2) is 0 Å². The van der Waals surface area contributed by atoms with Gasteiger partial charge >= 0.3 is 0 Å². The zero-order valence-corrected chi connectivity index (χ0v) is 32.0. The molecule has 0 aromatic rings. The van der Waals surface area contributed by atoms with Crippen LogP contribution in [0.1, 0.15) is 123 Å². The molecule has 53 heavy (non-hydrogen) atoms. The van der Waals surface area contributed by atoms with E-state index in [2.05, 4.69) is 31.3 Å². The number of hydrogen-bond donors (Lipinski definition) is 9. The van der Waals surface area contributed by atoms with Gasteiger partial charge < -0.3 is 65.1 Å². The average molecular weight is 762 g/mol. The fraction of sp³-hybridized carbons (Fsp3) is 0.872. The molecule has 2 heterocycles. The second-order valence-electron chi connectivity index (χ2n) is 14.4. The van der Waals surface area contributed by atoms with Gasteiger partial charge in [-0.1, -0.05) is 109 Å². The van der Waals surface area contributed by atoms with Gasteiger partial charge in [0.15, 0.2) is 12.6 Å². The predicted molar refractivity (Wildman–Crippen MR) is 198 cm³/mol. The minimum absolute atomic E-state index is 0.263. The van der Waals surface area contributed by atoms with E-state index >= 15 is 0 Å². The van der Waals surface area contributed by atoms with Crippen LogP contribution in [0.15, 0.2) is 24.3 Å². The van der Waals surface area contributed by atoms with Crippen molar-refractivity contribution in [2.75, 3.05) is 19.8 Å². The maximum atomic E-state index is 12.9. The molecule has 0 bridgehead atoms. The molecule has 0 radical (unpaired) electrons. The standard InChI is InChI=1S/C39H71NO13/c1-3-5-7-9-11-12-13-14-15-16-17-18-20-22-28(43)27(40-31(44)23-21-19-10-8-6-4-2)26-50-38-36(49)34(47)37(30(25-42)52-38)53-39-35(48)33(46)32(45)29(24-41)51-39/h15-16,20,22,27-30,32-39,41-43,45-49H,3-14,17-19,21,23-26H2,1-2H3,(H,40,44)/b16-15+,22-20+. The lowest BCUT2D eigenvalue weighted by Crippen LogP contribution is -2.65. The Bertz CT molecular complexity index is 998. The molecule has 2 aliphatic heterocycles. The Labute approximate surface area is 316 Å². The summed E-state index contributed by atoms with van der Waals surface area (Å²) in [6.07, 6.45) is 8.50. The molecule has 1 amide bonds. The van der Waals surface area contributed by atoms with E-state index in [1.807, 2.05) is 6.08 Å². The molecule has 0 aliphatic carbocycles. The summed E-state index contributed by atoms with van der Waals surface area (Å²) in [4.78, 5) is 12.9. The van der Waals surface area contributed by atoms with Gasteiger partial charge in [-0.05, 0) is 32.1 Å². The fourth-order valence-corrected chi connectivity index (χ4v) is 6.48. The lowest BCUT2D eigenvalue weighted by Gasteiger charge is -2.46. The molecule has 2 saturated heterocycles. The van der Waals surface area contributed by atoms with E-state index in [4.69, 9.17) is 18.9 Å². The second kappa shape index (κ2) is 28.0. The van der Waals surface area contributed by atoms with Gasteiger partial charge in [-0.2, -0.15) is 0 Å². The normalized spacial score (nSPS) is 30.6. The van der Waals surface area contributed by atoms with Crippen molar-refractivity contribution in [3.05, 3.63) is 24.3 Å². The van der Waals surface area contributed by atoms with Crippen molar-refractivity contribution < 1.29 is 64.6 Å². The summed E-state index contributed by atoms with van der Waals surface area (Å²) in [5.41, 5.74) is 0. The largest absolute Gasteiger partial charge is 0.394 e. The van der Waals surface area contributed by atoms with Gasteiger partial charge in [0.25, 0.3) is 0 Å². The first kappa shape index (κ1) is 47.6. The summed E-state index contributed by atoms with van der Waals surface area (Å²) in [5.74, 6) is -0.263. The van der Waals surface area contributed by atoms with Gasteiger partial charge in [-0.3, -0.25) is 4.79 Å². The minimum atomic E-state index is -1.79. The molecule has 0 saturated carbocycles. The van der Waals surface area contributed by atoms with Crippen LogP contribution >= 0.6 is 0 Å². The molecular formula is C39H71NO13. The van der Waals surface area contributed by atoms with Crippen LogP contribution in [0.5, 0.6) is 0 Å². The van der Waals surface area contributed by atoms with Crippen LogP contribution in [0, 0.1) is 0 Å². The lowest BCUT2D eigenvalue weighted by molar-refractivity contribution is -0.359. The maximum Gasteiger partial charge on any atom is 0.220 e. The van der Waals surface area contributed by atoms with Crippen LogP contribution < -0.4 is 5.32 Å². The van der Waals surface area contributed by atoms with Crippen molar-refractivity contribution in [3.63, 3.8) is 0 Å². The number of allylic oxidation sites excluding steroid dienone is 3. The molecule has 9 N–H and O–H groups in total. The number of aliphatic hydroxyl groups excluding tert-OH is 8. The first-order valence-corrected chi connectivity index (χ1v) is 20.1. The van der Waals surface area contributed by atoms with E-state index < -0.39 is 86.8 Å². The number of carbonyl (C=O) groups excluding carboxylic acids is 1. The Balaban J connectivity index is 1.96. The summed E-state index contributed by atoms with van der Waals surface area (Å²) in [7, 11) is 0. The summed E-state index contributed by atoms with van der Waals surface area (Å²) < 4.78 is 22.5. The van der Waals surface area contributed by atoms with E-state index in [0.717, 1.165) is 44.9 Å². The number of nitrogens with one attached hydrogen (secondary N) is 1. The maximum absolute atomic E-state index is 12.9. The van der Waals surface area contributed by atoms with Crippen molar-refractivity contribution in [3.8, 4) is 0 Å². The summed E-state index contributed by atoms with van der Waals surface area (Å²) in [5, 5.41) is 85.9. The first-order chi connectivity index (χ1) is 25.6. The van der Waals surface area contributed by atoms with E-state index in [1.165, 1.54) is 44.9 Å². The summed E-state index contributed by atoms with van der Waals surface area (Å²) in [6, 6.07) is -0.921. The molecule has 2 aliphatic rings. The van der Waals surface area contributed by atoms with Crippen molar-refractivity contribution in [1.29, 1.82) is 0 Å². The molecule has 12 atom stereocenters. The lowest BCUT2D eigenvalue weighted by atomic mass is 9.97. The Hall–Kier alpha value is -1.53. The van der Waals surface area contributed by atoms with E-state index in [-0.39, 0.29) is 18.9 Å². The SMILES string of the molecule is CCCCCCCCC/C=C/CC/C=C/C(O)C(COC1OC(CO)C(OC2OC(CO)C(O)C(O)C2O)C(O)C1O)NC(=O)CCCCCCCC. The van der Waals surface area contributed by atoms with Crippen molar-refractivity contribution in [2.45, 2.75) is 197 Å². The van der Waals surface area contributed by atoms with Crippen LogP contribution in [-0.4, -0.2) is 140 Å². The number of amides is 1. The number of ether oxygens (including phenoxy) is 4. The highest BCUT2D eigenvalue weighted by Crippen LogP contribution is 2.29. The number of carbonyl (C=O) groups is 1. The molecule has 2 rings (SSSR count). The van der Waals surface area contributed by atoms with Crippen LogP contribution in [0.25, 0.3) is 0 Å². The quantitative estimate of drug-likeness (QED) is 0.0413. The van der Waals surface area contributed by atoms with E-state index in [0.29, 0.717) is 12.8 Å². The molecule has 310 valence electrons. The van der Waals surface area contributed by atoms with E-state index in [9.17, 15) is 45.6 Å². The van der Waals surface area contributed by atoms with Gasteiger partial charge in [0.05, 0.1) is 32.0 Å². The van der Waals surface area contributed by atoms with Gasteiger partial charge in [0.2, 0.25) is 5.91 Å². The summed E-state index contributed by atoms with van der Waals surface area (Å²) in [6.45, 7) is 2.63. The smallest absolute Gasteiger partial charge is 0.220 e. The Kier molecular flexibility index (Phi) is 25.1. The molecule has 14 heteroatoms. The topological polar surface area (TPSA) is 228 Å². The first-order valence-electron chi connectivity index (χ1n) is 20.1. The molecule has 0 aromatic heterocycles. The number of unbranched alkanes of at least 4 members (excludes halogenated alkanes) is 13. The average Bonchev–Trinajstić information content (AvgIpc) is 3.15. The molecule has 0 aromatic carbocycles. The van der Waals surface area contributed by atoms with Crippen LogP contribution in [0.2, 0.25) is 0 Å². The number of aliphatic hydroxyl groups is 8. The Morgan fingerprint density at radius 2 is 1.21 bits per heavy atom. The summed E-state index contributed by atoms with van der Waals surface area (Å²) >= 11 is 0. The second-order valence-corrected chi connectivity index (χ2v) is 14.4. The molecule has 12 unspecified atom stereocenters. The van der Waals surface area contributed by atoms with Gasteiger partial charge in [0.1, 0.15) is 48.8 Å². The zero-order chi connectivity index (χ0) is 39.0. The fourth-order valence-electron chi connectivity index (χ4n) is 6.48. The van der Waals surface area contributed by atoms with Crippen molar-refractivity contribution >= 4 is 5.91 Å². The van der Waals surface area contributed by atoms with Crippen LogP contribution in [0.4, 0.5) is 0 Å². The van der Waals surface area contributed by atoms with Crippen LogP contribution in [-0.2, 0) is 23.7 Å². The van der Waals surface area contributed by atoms with E-state index in [1.54, 1.807) is 6.08 Å². The molecule has 0 spiro atoms. The van der Waals surface area contributed by atoms with Crippen LogP contribution in [0.3, 0.4) is 0 Å². The highest BCUT2D eigenvalue weighted by molar-refractivity contribution is 5.76. The highest BCUT2D eigenvalue weighted by Gasteiger charge is 2.50. The third-order valence-electron chi connectivity index (χ3n) is 9.89. The Morgan fingerprint density at radius 1 is 0.660 bits per heavy atom.